The minimum Gasteiger partial charge on any atom is -0.496 e. The maximum atomic E-state index is 5.53. The topological polar surface area (TPSA) is 24.5 Å². The van der Waals surface area contributed by atoms with E-state index in [-0.39, 0.29) is 0 Å². The van der Waals surface area contributed by atoms with Crippen LogP contribution in [0.1, 0.15) is 36.4 Å². The van der Waals surface area contributed by atoms with Crippen LogP contribution in [0.3, 0.4) is 0 Å². The number of rotatable bonds is 5. The van der Waals surface area contributed by atoms with Crippen LogP contribution in [0.25, 0.3) is 0 Å². The highest BCUT2D eigenvalue weighted by Crippen LogP contribution is 2.31. The fourth-order valence-corrected chi connectivity index (χ4v) is 2.68. The Morgan fingerprint density at radius 1 is 1.32 bits per heavy atom. The van der Waals surface area contributed by atoms with Crippen molar-refractivity contribution in [3.05, 3.63) is 29.3 Å². The Bertz CT molecular complexity index is 398. The lowest BCUT2D eigenvalue weighted by atomic mass is 9.94. The Hall–Kier alpha value is -1.06. The zero-order valence-corrected chi connectivity index (χ0v) is 12.4. The molecular formula is C16H26N2O. The number of benzene rings is 1. The van der Waals surface area contributed by atoms with Crippen LogP contribution in [0.15, 0.2) is 18.2 Å². The van der Waals surface area contributed by atoms with Crippen LogP contribution in [0.4, 0.5) is 0 Å². The SMILES string of the molecule is COc1ccc(CCN(C)C)cc1C1CCCCN1. The third-order valence-corrected chi connectivity index (χ3v) is 3.83. The van der Waals surface area contributed by atoms with Crippen molar-refractivity contribution in [1.29, 1.82) is 0 Å². The largest absolute Gasteiger partial charge is 0.496 e. The molecule has 0 radical (unpaired) electrons. The molecule has 1 atom stereocenters. The van der Waals surface area contributed by atoms with E-state index in [9.17, 15) is 0 Å². The number of hydrogen-bond acceptors (Lipinski definition) is 3. The molecule has 106 valence electrons. The summed E-state index contributed by atoms with van der Waals surface area (Å²) in [4.78, 5) is 2.22. The number of piperidine rings is 1. The normalized spacial score (nSPS) is 19.7. The van der Waals surface area contributed by atoms with Crippen molar-refractivity contribution in [3.8, 4) is 5.75 Å². The van der Waals surface area contributed by atoms with Crippen LogP contribution < -0.4 is 10.1 Å². The molecule has 0 saturated carbocycles. The Morgan fingerprint density at radius 3 is 2.79 bits per heavy atom. The van der Waals surface area contributed by atoms with Gasteiger partial charge in [-0.3, -0.25) is 0 Å². The zero-order valence-electron chi connectivity index (χ0n) is 12.4. The molecule has 0 amide bonds. The molecule has 3 nitrogen and oxygen atoms in total. The second-order valence-electron chi connectivity index (χ2n) is 5.63. The molecule has 0 aromatic heterocycles. The molecule has 0 aliphatic carbocycles. The van der Waals surface area contributed by atoms with Crippen LogP contribution in [0.5, 0.6) is 5.75 Å². The highest BCUT2D eigenvalue weighted by atomic mass is 16.5. The summed E-state index contributed by atoms with van der Waals surface area (Å²) in [6, 6.07) is 7.10. The van der Waals surface area contributed by atoms with E-state index in [1.807, 2.05) is 0 Å². The summed E-state index contributed by atoms with van der Waals surface area (Å²) in [5, 5.41) is 3.61. The van der Waals surface area contributed by atoms with E-state index in [4.69, 9.17) is 4.74 Å². The minimum absolute atomic E-state index is 0.461. The molecule has 1 N–H and O–H groups in total. The van der Waals surface area contributed by atoms with Gasteiger partial charge in [0.05, 0.1) is 7.11 Å². The first kappa shape index (κ1) is 14.4. The molecule has 1 saturated heterocycles. The van der Waals surface area contributed by atoms with Crippen molar-refractivity contribution in [2.45, 2.75) is 31.7 Å². The van der Waals surface area contributed by atoms with E-state index < -0.39 is 0 Å². The Balaban J connectivity index is 2.15. The van der Waals surface area contributed by atoms with Crippen molar-refractivity contribution in [2.24, 2.45) is 0 Å². The van der Waals surface area contributed by atoms with Gasteiger partial charge in [0.25, 0.3) is 0 Å². The first-order valence-corrected chi connectivity index (χ1v) is 7.25. The number of likely N-dealkylation sites (N-methyl/N-ethyl adjacent to an activating group) is 1. The molecule has 19 heavy (non-hydrogen) atoms. The molecule has 0 bridgehead atoms. The fraction of sp³-hybridized carbons (Fsp3) is 0.625. The second kappa shape index (κ2) is 6.92. The maximum Gasteiger partial charge on any atom is 0.123 e. The third kappa shape index (κ3) is 3.95. The fourth-order valence-electron chi connectivity index (χ4n) is 2.68. The molecule has 1 aromatic carbocycles. The third-order valence-electron chi connectivity index (χ3n) is 3.83. The van der Waals surface area contributed by atoms with Gasteiger partial charge in [0.2, 0.25) is 0 Å². The first-order valence-electron chi connectivity index (χ1n) is 7.25. The lowest BCUT2D eigenvalue weighted by Gasteiger charge is -2.26. The van der Waals surface area contributed by atoms with Crippen LogP contribution >= 0.6 is 0 Å². The van der Waals surface area contributed by atoms with Gasteiger partial charge in [-0.15, -0.1) is 0 Å². The summed E-state index contributed by atoms with van der Waals surface area (Å²) in [7, 11) is 6.00. The Morgan fingerprint density at radius 2 is 2.16 bits per heavy atom. The highest BCUT2D eigenvalue weighted by Gasteiger charge is 2.18. The van der Waals surface area contributed by atoms with Gasteiger partial charge >= 0.3 is 0 Å². The molecule has 1 aliphatic rings. The molecular weight excluding hydrogens is 236 g/mol. The molecule has 1 aromatic rings. The average Bonchev–Trinajstić information content (AvgIpc) is 2.45. The van der Waals surface area contributed by atoms with Gasteiger partial charge in [-0.1, -0.05) is 18.6 Å². The molecule has 0 spiro atoms. The number of hydrogen-bond donors (Lipinski definition) is 1. The van der Waals surface area contributed by atoms with E-state index >= 15 is 0 Å². The summed E-state index contributed by atoms with van der Waals surface area (Å²) in [6.45, 7) is 2.21. The molecule has 1 aliphatic heterocycles. The van der Waals surface area contributed by atoms with Crippen molar-refractivity contribution in [1.82, 2.24) is 10.2 Å². The number of nitrogens with zero attached hydrogens (tertiary/aromatic N) is 1. The lowest BCUT2D eigenvalue weighted by Crippen LogP contribution is -2.27. The summed E-state index contributed by atoms with van der Waals surface area (Å²) in [5.74, 6) is 1.02. The van der Waals surface area contributed by atoms with Crippen LogP contribution in [0, 0.1) is 0 Å². The van der Waals surface area contributed by atoms with E-state index in [2.05, 4.69) is 42.5 Å². The van der Waals surface area contributed by atoms with Crippen LogP contribution in [0.2, 0.25) is 0 Å². The minimum atomic E-state index is 0.461. The van der Waals surface area contributed by atoms with Crippen molar-refractivity contribution in [2.75, 3.05) is 34.3 Å². The predicted octanol–water partition coefficient (Wildman–Crippen LogP) is 2.61. The van der Waals surface area contributed by atoms with Crippen molar-refractivity contribution >= 4 is 0 Å². The lowest BCUT2D eigenvalue weighted by molar-refractivity contribution is 0.373. The predicted molar refractivity (Wildman–Crippen MR) is 79.8 cm³/mol. The zero-order chi connectivity index (χ0) is 13.7. The molecule has 1 unspecified atom stereocenters. The standard InChI is InChI=1S/C16H26N2O/c1-18(2)11-9-13-7-8-16(19-3)14(12-13)15-6-4-5-10-17-15/h7-8,12,15,17H,4-6,9-11H2,1-3H3. The van der Waals surface area contributed by atoms with E-state index in [1.54, 1.807) is 7.11 Å². The van der Waals surface area contributed by atoms with Gasteiger partial charge < -0.3 is 15.0 Å². The number of ether oxygens (including phenoxy) is 1. The van der Waals surface area contributed by atoms with E-state index in [1.165, 1.54) is 30.4 Å². The van der Waals surface area contributed by atoms with Crippen LogP contribution in [-0.2, 0) is 6.42 Å². The molecule has 1 heterocycles. The van der Waals surface area contributed by atoms with Gasteiger partial charge in [-0.05, 0) is 51.5 Å². The van der Waals surface area contributed by atoms with E-state index in [0.717, 1.165) is 25.3 Å². The quantitative estimate of drug-likeness (QED) is 0.883. The maximum absolute atomic E-state index is 5.53. The summed E-state index contributed by atoms with van der Waals surface area (Å²) in [5.41, 5.74) is 2.73. The van der Waals surface area contributed by atoms with Gasteiger partial charge in [-0.2, -0.15) is 0 Å². The van der Waals surface area contributed by atoms with E-state index in [0.29, 0.717) is 6.04 Å². The second-order valence-corrected chi connectivity index (χ2v) is 5.63. The van der Waals surface area contributed by atoms with Crippen molar-refractivity contribution < 1.29 is 4.74 Å². The number of nitrogens with one attached hydrogen (secondary N) is 1. The Labute approximate surface area is 116 Å². The monoisotopic (exact) mass is 262 g/mol. The summed E-state index contributed by atoms with van der Waals surface area (Å²) < 4.78 is 5.53. The smallest absolute Gasteiger partial charge is 0.123 e. The Kier molecular flexibility index (Phi) is 5.23. The first-order chi connectivity index (χ1) is 9.20. The number of methoxy groups -OCH3 is 1. The van der Waals surface area contributed by atoms with Gasteiger partial charge in [0.1, 0.15) is 5.75 Å². The van der Waals surface area contributed by atoms with Gasteiger partial charge in [0.15, 0.2) is 0 Å². The van der Waals surface area contributed by atoms with Gasteiger partial charge in [0, 0.05) is 18.2 Å². The molecule has 1 fully saturated rings. The molecule has 2 rings (SSSR count). The van der Waals surface area contributed by atoms with Gasteiger partial charge in [-0.25, -0.2) is 0 Å². The highest BCUT2D eigenvalue weighted by molar-refractivity contribution is 5.40. The molecule has 3 heteroatoms. The average molecular weight is 262 g/mol. The van der Waals surface area contributed by atoms with Crippen LogP contribution in [-0.4, -0.2) is 39.2 Å². The summed E-state index contributed by atoms with van der Waals surface area (Å²) in [6.07, 6.45) is 4.91. The van der Waals surface area contributed by atoms with Crippen molar-refractivity contribution in [3.63, 3.8) is 0 Å². The summed E-state index contributed by atoms with van der Waals surface area (Å²) >= 11 is 0.